The van der Waals surface area contributed by atoms with Gasteiger partial charge in [0.05, 0.1) is 22.2 Å². The number of aromatic nitrogens is 2. The fourth-order valence-corrected chi connectivity index (χ4v) is 2.83. The number of nitrogens with zero attached hydrogens (tertiary/aromatic N) is 1. The Labute approximate surface area is 141 Å². The second-order valence-corrected chi connectivity index (χ2v) is 6.21. The smallest absolute Gasteiger partial charge is 0.251 e. The molecule has 0 spiro atoms. The Morgan fingerprint density at radius 3 is 2.77 bits per heavy atom. The highest BCUT2D eigenvalue weighted by atomic mass is 35.5. The van der Waals surface area contributed by atoms with Crippen molar-refractivity contribution in [2.75, 3.05) is 7.05 Å². The maximum Gasteiger partial charge on any atom is 0.251 e. The van der Waals surface area contributed by atoms with Crippen LogP contribution in [-0.4, -0.2) is 22.9 Å². The van der Waals surface area contributed by atoms with E-state index in [1.54, 1.807) is 12.1 Å². The maximum absolute atomic E-state index is 11.6. The number of amides is 1. The second-order valence-electron chi connectivity index (χ2n) is 4.43. The van der Waals surface area contributed by atoms with E-state index in [1.807, 2.05) is 6.07 Å². The van der Waals surface area contributed by atoms with E-state index in [2.05, 4.69) is 15.3 Å². The van der Waals surface area contributed by atoms with E-state index in [4.69, 9.17) is 23.2 Å². The summed E-state index contributed by atoms with van der Waals surface area (Å²) in [6, 6.07) is 6.66. The van der Waals surface area contributed by atoms with Crippen LogP contribution in [0.2, 0.25) is 10.0 Å². The van der Waals surface area contributed by atoms with Crippen LogP contribution >= 0.6 is 35.0 Å². The first-order valence-electron chi connectivity index (χ1n) is 6.35. The van der Waals surface area contributed by atoms with Crippen molar-refractivity contribution in [3.63, 3.8) is 0 Å². The normalized spacial score (nSPS) is 10.5. The average molecular weight is 358 g/mol. The highest BCUT2D eigenvalue weighted by molar-refractivity contribution is 7.98. The number of nitrogens with one attached hydrogen (secondary N) is 2. The van der Waals surface area contributed by atoms with Crippen LogP contribution < -0.4 is 10.9 Å². The van der Waals surface area contributed by atoms with Gasteiger partial charge in [0.1, 0.15) is 0 Å². The topological polar surface area (TPSA) is 74.8 Å². The van der Waals surface area contributed by atoms with Crippen LogP contribution in [0.25, 0.3) is 0 Å². The van der Waals surface area contributed by atoms with E-state index in [0.29, 0.717) is 26.6 Å². The summed E-state index contributed by atoms with van der Waals surface area (Å²) >= 11 is 13.2. The van der Waals surface area contributed by atoms with Crippen molar-refractivity contribution in [2.45, 2.75) is 17.3 Å². The van der Waals surface area contributed by atoms with Crippen molar-refractivity contribution in [1.82, 2.24) is 15.3 Å². The van der Waals surface area contributed by atoms with Crippen molar-refractivity contribution >= 4 is 40.9 Å². The number of H-pyrrole nitrogens is 1. The van der Waals surface area contributed by atoms with Crippen LogP contribution in [0.15, 0.2) is 34.2 Å². The lowest BCUT2D eigenvalue weighted by Crippen LogP contribution is -2.22. The molecule has 0 atom stereocenters. The van der Waals surface area contributed by atoms with Crippen LogP contribution in [0.3, 0.4) is 0 Å². The SMILES string of the molecule is CNC(=O)Cc1cc(=O)[nH]c(SCc2ccc(Cl)c(Cl)c2)n1. The highest BCUT2D eigenvalue weighted by Crippen LogP contribution is 2.26. The number of hydrogen-bond donors (Lipinski definition) is 2. The molecule has 1 amide bonds. The first-order chi connectivity index (χ1) is 10.5. The van der Waals surface area contributed by atoms with Gasteiger partial charge >= 0.3 is 0 Å². The fourth-order valence-electron chi connectivity index (χ4n) is 1.68. The molecule has 116 valence electrons. The van der Waals surface area contributed by atoms with Crippen LogP contribution in [-0.2, 0) is 17.0 Å². The van der Waals surface area contributed by atoms with Crippen molar-refractivity contribution in [3.05, 3.63) is 55.9 Å². The summed E-state index contributed by atoms with van der Waals surface area (Å²) in [5.41, 5.74) is 1.10. The zero-order valence-electron chi connectivity index (χ0n) is 11.7. The molecule has 0 radical (unpaired) electrons. The predicted octanol–water partition coefficient (Wildman–Crippen LogP) is 2.66. The number of carbonyl (C=O) groups excluding carboxylic acids is 1. The van der Waals surface area contributed by atoms with Crippen molar-refractivity contribution in [3.8, 4) is 0 Å². The molecule has 0 aliphatic rings. The van der Waals surface area contributed by atoms with Gasteiger partial charge in [0.25, 0.3) is 5.56 Å². The number of benzene rings is 1. The van der Waals surface area contributed by atoms with Gasteiger partial charge in [-0.15, -0.1) is 0 Å². The lowest BCUT2D eigenvalue weighted by atomic mass is 10.2. The first kappa shape index (κ1) is 16.9. The molecule has 2 N–H and O–H groups in total. The molecule has 5 nitrogen and oxygen atoms in total. The third-order valence-electron chi connectivity index (χ3n) is 2.75. The molecule has 0 fully saturated rings. The molecule has 0 aliphatic carbocycles. The van der Waals surface area contributed by atoms with Gasteiger partial charge in [-0.1, -0.05) is 41.0 Å². The Morgan fingerprint density at radius 2 is 2.09 bits per heavy atom. The molecule has 0 aliphatic heterocycles. The molecule has 0 saturated carbocycles. The Hall–Kier alpha value is -1.50. The van der Waals surface area contributed by atoms with E-state index in [9.17, 15) is 9.59 Å². The minimum atomic E-state index is -0.287. The van der Waals surface area contributed by atoms with Crippen LogP contribution in [0, 0.1) is 0 Å². The summed E-state index contributed by atoms with van der Waals surface area (Å²) in [5, 5.41) is 3.93. The molecule has 0 bridgehead atoms. The summed E-state index contributed by atoms with van der Waals surface area (Å²) in [5.74, 6) is 0.377. The van der Waals surface area contributed by atoms with Crippen LogP contribution in [0.5, 0.6) is 0 Å². The summed E-state index contributed by atoms with van der Waals surface area (Å²) in [6.45, 7) is 0. The van der Waals surface area contributed by atoms with E-state index in [1.165, 1.54) is 24.9 Å². The first-order valence-corrected chi connectivity index (χ1v) is 8.09. The van der Waals surface area contributed by atoms with Crippen LogP contribution in [0.1, 0.15) is 11.3 Å². The Morgan fingerprint density at radius 1 is 1.32 bits per heavy atom. The fraction of sp³-hybridized carbons (Fsp3) is 0.214. The lowest BCUT2D eigenvalue weighted by molar-refractivity contribution is -0.120. The van der Waals surface area contributed by atoms with Gasteiger partial charge < -0.3 is 10.3 Å². The number of rotatable bonds is 5. The number of aromatic amines is 1. The average Bonchev–Trinajstić information content (AvgIpc) is 2.48. The Balaban J connectivity index is 2.10. The minimum Gasteiger partial charge on any atom is -0.359 e. The van der Waals surface area contributed by atoms with Gasteiger partial charge in [0, 0.05) is 18.9 Å². The minimum absolute atomic E-state index is 0.0702. The quantitative estimate of drug-likeness (QED) is 0.637. The summed E-state index contributed by atoms with van der Waals surface area (Å²) < 4.78 is 0. The number of thioether (sulfide) groups is 1. The van der Waals surface area contributed by atoms with Gasteiger partial charge in [-0.25, -0.2) is 4.98 Å². The number of carbonyl (C=O) groups is 1. The highest BCUT2D eigenvalue weighted by Gasteiger charge is 2.07. The molecule has 0 saturated heterocycles. The standard InChI is InChI=1S/C14H13Cl2N3O2S/c1-17-12(20)5-9-6-13(21)19-14(18-9)22-7-8-2-3-10(15)11(16)4-8/h2-4,6H,5,7H2,1H3,(H,17,20)(H,18,19,21). The largest absolute Gasteiger partial charge is 0.359 e. The zero-order valence-corrected chi connectivity index (χ0v) is 14.0. The van der Waals surface area contributed by atoms with E-state index in [-0.39, 0.29) is 17.9 Å². The molecule has 0 unspecified atom stereocenters. The van der Waals surface area contributed by atoms with E-state index >= 15 is 0 Å². The predicted molar refractivity (Wildman–Crippen MR) is 88.7 cm³/mol. The number of likely N-dealkylation sites (N-methyl/N-ethyl adjacent to an activating group) is 1. The third kappa shape index (κ3) is 4.76. The number of halogens is 2. The summed E-state index contributed by atoms with van der Waals surface area (Å²) in [7, 11) is 1.54. The molecule has 8 heteroatoms. The molecule has 2 aromatic rings. The van der Waals surface area contributed by atoms with E-state index < -0.39 is 0 Å². The molecule has 1 aromatic carbocycles. The molecule has 22 heavy (non-hydrogen) atoms. The molecule has 1 aromatic heterocycles. The monoisotopic (exact) mass is 357 g/mol. The summed E-state index contributed by atoms with van der Waals surface area (Å²) in [6.07, 6.45) is 0.0702. The molecule has 1 heterocycles. The number of hydrogen-bond acceptors (Lipinski definition) is 4. The maximum atomic E-state index is 11.6. The second kappa shape index (κ2) is 7.67. The molecular formula is C14H13Cl2N3O2S. The van der Waals surface area contributed by atoms with Crippen molar-refractivity contribution in [2.24, 2.45) is 0 Å². The van der Waals surface area contributed by atoms with Crippen LogP contribution in [0.4, 0.5) is 0 Å². The van der Waals surface area contributed by atoms with Gasteiger partial charge in [0.2, 0.25) is 5.91 Å². The Kier molecular flexibility index (Phi) is 5.88. The van der Waals surface area contributed by atoms with Crippen molar-refractivity contribution < 1.29 is 4.79 Å². The van der Waals surface area contributed by atoms with Gasteiger partial charge in [-0.2, -0.15) is 0 Å². The van der Waals surface area contributed by atoms with E-state index in [0.717, 1.165) is 5.56 Å². The molecular weight excluding hydrogens is 345 g/mol. The van der Waals surface area contributed by atoms with Gasteiger partial charge in [0.15, 0.2) is 5.16 Å². The third-order valence-corrected chi connectivity index (χ3v) is 4.44. The molecule has 2 rings (SSSR count). The van der Waals surface area contributed by atoms with Gasteiger partial charge in [-0.05, 0) is 17.7 Å². The summed E-state index contributed by atoms with van der Waals surface area (Å²) in [4.78, 5) is 29.9. The lowest BCUT2D eigenvalue weighted by Gasteiger charge is -2.05. The zero-order chi connectivity index (χ0) is 16.1. The van der Waals surface area contributed by atoms with Crippen molar-refractivity contribution in [1.29, 1.82) is 0 Å². The van der Waals surface area contributed by atoms with Gasteiger partial charge in [-0.3, -0.25) is 9.59 Å². The Bertz CT molecular complexity index is 749.